The van der Waals surface area contributed by atoms with Crippen LogP contribution in [-0.2, 0) is 65.4 Å². The minimum absolute atomic E-state index is 0.107. The van der Waals surface area contributed by atoms with Gasteiger partial charge in [0.1, 0.15) is 19.3 Å². The lowest BCUT2D eigenvalue weighted by molar-refractivity contribution is -0.161. The number of unbranched alkanes of at least 4 members (excludes halogenated alkanes) is 53. The van der Waals surface area contributed by atoms with Crippen LogP contribution in [0.15, 0.2) is 0 Å². The van der Waals surface area contributed by atoms with Gasteiger partial charge in [-0.15, -0.1) is 0 Å². The molecule has 0 heterocycles. The predicted molar refractivity (Wildman–Crippen MR) is 409 cm³/mol. The first-order chi connectivity index (χ1) is 48.5. The van der Waals surface area contributed by atoms with Crippen LogP contribution < -0.4 is 0 Å². The highest BCUT2D eigenvalue weighted by molar-refractivity contribution is 7.47. The molecule has 0 aliphatic rings. The Bertz CT molecular complexity index is 1910. The average molecular weight is 1470 g/mol. The summed E-state index contributed by atoms with van der Waals surface area (Å²) in [6.45, 7) is 7.30. The minimum Gasteiger partial charge on any atom is -0.462 e. The molecule has 5 atom stereocenters. The SMILES string of the molecule is CCCCCCCCCCCCCCCCCCCCCCCCC(=O)O[C@H](COC(=O)CCCCCCCCCCCCCCCCCCCCC(C)C)COP(=O)(O)OC[C@@H](O)COP(=O)(O)OC[C@@H](COC(=O)CCCCCCCCC)OC(=O)CCCCCCCCCCCC. The minimum atomic E-state index is -4.96. The van der Waals surface area contributed by atoms with E-state index in [1.165, 1.54) is 244 Å². The van der Waals surface area contributed by atoms with Crippen molar-refractivity contribution in [1.82, 2.24) is 0 Å². The Hall–Kier alpha value is -1.94. The topological polar surface area (TPSA) is 237 Å². The fraction of sp³-hybridized carbons (Fsp3) is 0.951. The van der Waals surface area contributed by atoms with Gasteiger partial charge in [-0.25, -0.2) is 9.13 Å². The molecule has 0 spiro atoms. The van der Waals surface area contributed by atoms with Gasteiger partial charge in [0.2, 0.25) is 0 Å². The molecule has 0 aliphatic carbocycles. The van der Waals surface area contributed by atoms with E-state index in [9.17, 15) is 43.2 Å². The van der Waals surface area contributed by atoms with E-state index in [0.717, 1.165) is 109 Å². The van der Waals surface area contributed by atoms with E-state index in [1.807, 2.05) is 0 Å². The molecule has 19 heteroatoms. The van der Waals surface area contributed by atoms with Gasteiger partial charge in [0.15, 0.2) is 12.2 Å². The first kappa shape index (κ1) is 98.1. The van der Waals surface area contributed by atoms with Crippen molar-refractivity contribution in [1.29, 1.82) is 0 Å². The first-order valence-corrected chi connectivity index (χ1v) is 45.1. The summed E-state index contributed by atoms with van der Waals surface area (Å²) in [5.74, 6) is -1.29. The standard InChI is InChI=1S/C81H158O17P2/c1-6-9-12-15-18-20-22-23-24-25-26-27-28-29-34-37-40-43-47-52-57-62-67-81(86)98-77(71-92-79(84)65-60-55-50-46-42-39-36-33-31-30-32-35-38-41-44-49-53-58-63-74(4)5)73-96-100(89,90)94-69-75(82)68-93-99(87,88)95-72-76(70-91-78(83)64-59-54-48-17-14-11-8-3)97-80(85)66-61-56-51-45-21-19-16-13-10-7-2/h74-77,82H,6-73H2,1-5H3,(H,87,88)(H,89,90)/t75-,76+,77+/m0/s1. The molecule has 17 nitrogen and oxygen atoms in total. The van der Waals surface area contributed by atoms with E-state index in [1.54, 1.807) is 0 Å². The molecule has 0 amide bonds. The molecule has 0 rings (SSSR count). The van der Waals surface area contributed by atoms with Gasteiger partial charge >= 0.3 is 39.5 Å². The number of aliphatic hydroxyl groups excluding tert-OH is 1. The maximum Gasteiger partial charge on any atom is 0.472 e. The van der Waals surface area contributed by atoms with Crippen molar-refractivity contribution in [3.8, 4) is 0 Å². The third-order valence-corrected chi connectivity index (χ3v) is 20.9. The summed E-state index contributed by atoms with van der Waals surface area (Å²) < 4.78 is 68.5. The van der Waals surface area contributed by atoms with Crippen molar-refractivity contribution < 1.29 is 80.2 Å². The molecule has 0 aromatic rings. The number of carbonyl (C=O) groups is 4. The Balaban J connectivity index is 5.12. The van der Waals surface area contributed by atoms with Crippen molar-refractivity contribution in [2.24, 2.45) is 5.92 Å². The second-order valence-corrected chi connectivity index (χ2v) is 32.5. The lowest BCUT2D eigenvalue weighted by Crippen LogP contribution is -2.30. The van der Waals surface area contributed by atoms with Crippen LogP contribution in [0.1, 0.15) is 433 Å². The number of phosphoric ester groups is 2. The van der Waals surface area contributed by atoms with Gasteiger partial charge in [-0.3, -0.25) is 37.3 Å². The van der Waals surface area contributed by atoms with Crippen LogP contribution in [0, 0.1) is 5.92 Å². The van der Waals surface area contributed by atoms with E-state index in [2.05, 4.69) is 34.6 Å². The molecule has 0 saturated heterocycles. The van der Waals surface area contributed by atoms with Crippen molar-refractivity contribution in [3.05, 3.63) is 0 Å². The predicted octanol–water partition coefficient (Wildman–Crippen LogP) is 24.4. The monoisotopic (exact) mass is 1470 g/mol. The number of rotatable bonds is 81. The summed E-state index contributed by atoms with van der Waals surface area (Å²) in [5.41, 5.74) is 0. The Morgan fingerprint density at radius 3 is 0.680 bits per heavy atom. The van der Waals surface area contributed by atoms with Crippen LogP contribution in [0.5, 0.6) is 0 Å². The van der Waals surface area contributed by atoms with Gasteiger partial charge < -0.3 is 33.8 Å². The highest BCUT2D eigenvalue weighted by Crippen LogP contribution is 2.45. The Labute approximate surface area is 613 Å². The molecule has 0 bridgehead atoms. The first-order valence-electron chi connectivity index (χ1n) is 42.1. The van der Waals surface area contributed by atoms with Gasteiger partial charge in [-0.05, 0) is 31.6 Å². The normalized spacial score (nSPS) is 13.8. The third kappa shape index (κ3) is 74.3. The number of carbonyl (C=O) groups excluding carboxylic acids is 4. The summed E-state index contributed by atoms with van der Waals surface area (Å²) in [5, 5.41) is 10.6. The van der Waals surface area contributed by atoms with Crippen LogP contribution in [0.4, 0.5) is 0 Å². The van der Waals surface area contributed by atoms with Crippen LogP contribution in [0.2, 0.25) is 0 Å². The maximum atomic E-state index is 13.1. The van der Waals surface area contributed by atoms with Crippen LogP contribution >= 0.6 is 15.6 Å². The van der Waals surface area contributed by atoms with Crippen LogP contribution in [-0.4, -0.2) is 96.7 Å². The van der Waals surface area contributed by atoms with Crippen LogP contribution in [0.25, 0.3) is 0 Å². The largest absolute Gasteiger partial charge is 0.472 e. The molecule has 594 valence electrons. The van der Waals surface area contributed by atoms with Gasteiger partial charge in [-0.2, -0.15) is 0 Å². The quantitative estimate of drug-likeness (QED) is 0.0222. The molecule has 0 fully saturated rings. The van der Waals surface area contributed by atoms with E-state index in [0.29, 0.717) is 25.7 Å². The number of aliphatic hydroxyl groups is 1. The summed E-state index contributed by atoms with van der Waals surface area (Å²) in [6, 6.07) is 0. The number of hydrogen-bond donors (Lipinski definition) is 3. The van der Waals surface area contributed by atoms with E-state index in [4.69, 9.17) is 37.0 Å². The molecule has 100 heavy (non-hydrogen) atoms. The molecule has 0 radical (unpaired) electrons. The van der Waals surface area contributed by atoms with E-state index < -0.39 is 97.5 Å². The average Bonchev–Trinajstić information content (AvgIpc) is 1.03. The van der Waals surface area contributed by atoms with E-state index >= 15 is 0 Å². The Kier molecular flexibility index (Phi) is 72.5. The van der Waals surface area contributed by atoms with Gasteiger partial charge in [0.05, 0.1) is 26.4 Å². The van der Waals surface area contributed by atoms with Crippen molar-refractivity contribution in [3.63, 3.8) is 0 Å². The molecular formula is C81H158O17P2. The Morgan fingerprint density at radius 1 is 0.270 bits per heavy atom. The molecular weight excluding hydrogens is 1310 g/mol. The zero-order valence-corrected chi connectivity index (χ0v) is 67.1. The smallest absolute Gasteiger partial charge is 0.462 e. The molecule has 0 saturated carbocycles. The lowest BCUT2D eigenvalue weighted by Gasteiger charge is -2.21. The number of phosphoric acid groups is 2. The summed E-state index contributed by atoms with van der Waals surface area (Å²) >= 11 is 0. The van der Waals surface area contributed by atoms with E-state index in [-0.39, 0.29) is 25.7 Å². The highest BCUT2D eigenvalue weighted by Gasteiger charge is 2.30. The molecule has 3 N–H and O–H groups in total. The fourth-order valence-electron chi connectivity index (χ4n) is 12.6. The van der Waals surface area contributed by atoms with Crippen molar-refractivity contribution in [2.45, 2.75) is 451 Å². The van der Waals surface area contributed by atoms with Crippen molar-refractivity contribution >= 4 is 39.5 Å². The summed E-state index contributed by atoms with van der Waals surface area (Å²) in [6.07, 6.45) is 65.7. The van der Waals surface area contributed by atoms with Crippen molar-refractivity contribution in [2.75, 3.05) is 39.6 Å². The van der Waals surface area contributed by atoms with Gasteiger partial charge in [-0.1, -0.05) is 381 Å². The van der Waals surface area contributed by atoms with Gasteiger partial charge in [0, 0.05) is 25.7 Å². The fourth-order valence-corrected chi connectivity index (χ4v) is 14.2. The Morgan fingerprint density at radius 2 is 0.460 bits per heavy atom. The number of ether oxygens (including phenoxy) is 4. The number of esters is 4. The number of hydrogen-bond acceptors (Lipinski definition) is 15. The van der Waals surface area contributed by atoms with Gasteiger partial charge in [0.25, 0.3) is 0 Å². The molecule has 0 aliphatic heterocycles. The molecule has 0 aromatic heterocycles. The summed E-state index contributed by atoms with van der Waals surface area (Å²) in [7, 11) is -9.91. The molecule has 2 unspecified atom stereocenters. The zero-order valence-electron chi connectivity index (χ0n) is 65.3. The third-order valence-electron chi connectivity index (χ3n) is 19.0. The maximum absolute atomic E-state index is 13.1. The zero-order chi connectivity index (χ0) is 73.4. The molecule has 0 aromatic carbocycles. The second-order valence-electron chi connectivity index (χ2n) is 29.6. The highest BCUT2D eigenvalue weighted by atomic mass is 31.2. The lowest BCUT2D eigenvalue weighted by atomic mass is 10.0. The summed E-state index contributed by atoms with van der Waals surface area (Å²) in [4.78, 5) is 72.7. The second kappa shape index (κ2) is 73.9. The van der Waals surface area contributed by atoms with Crippen LogP contribution in [0.3, 0.4) is 0 Å².